The summed E-state index contributed by atoms with van der Waals surface area (Å²) in [7, 11) is 0. The fourth-order valence-electron chi connectivity index (χ4n) is 1.28. The van der Waals surface area contributed by atoms with Crippen LogP contribution in [0.2, 0.25) is 0 Å². The third-order valence-electron chi connectivity index (χ3n) is 2.01. The number of hydrogen-bond acceptors (Lipinski definition) is 6. The number of nitrogens with one attached hydrogen (secondary N) is 3. The monoisotopic (exact) mass is 292 g/mol. The average Bonchev–Trinajstić information content (AvgIpc) is 2.34. The van der Waals surface area contributed by atoms with E-state index in [2.05, 4.69) is 20.6 Å². The molecule has 0 atom stereocenters. The number of nitrogen functional groups attached to an aromatic ring is 1. The summed E-state index contributed by atoms with van der Waals surface area (Å²) in [6.07, 6.45) is -4.70. The van der Waals surface area contributed by atoms with Crippen LogP contribution in [0.1, 0.15) is 19.7 Å². The van der Waals surface area contributed by atoms with Crippen LogP contribution in [0.25, 0.3) is 0 Å². The molecule has 10 heteroatoms. The summed E-state index contributed by atoms with van der Waals surface area (Å²) in [4.78, 5) is 17.9. The molecule has 0 radical (unpaired) electrons. The zero-order chi connectivity index (χ0) is 15.3. The van der Waals surface area contributed by atoms with E-state index < -0.39 is 12.0 Å². The van der Waals surface area contributed by atoms with Gasteiger partial charge in [-0.2, -0.15) is 13.2 Å². The van der Waals surface area contributed by atoms with Crippen molar-refractivity contribution in [1.29, 1.82) is 0 Å². The Bertz CT molecular complexity index is 477. The molecule has 0 unspecified atom stereocenters. The largest absolute Gasteiger partial charge is 0.451 e. The van der Waals surface area contributed by atoms with E-state index in [1.807, 2.05) is 5.43 Å². The van der Waals surface area contributed by atoms with Crippen LogP contribution in [-0.4, -0.2) is 28.5 Å². The van der Waals surface area contributed by atoms with E-state index in [0.717, 1.165) is 6.07 Å². The molecule has 1 heterocycles. The van der Waals surface area contributed by atoms with Gasteiger partial charge in [0.25, 0.3) is 0 Å². The molecule has 0 spiro atoms. The third-order valence-corrected chi connectivity index (χ3v) is 2.01. The maximum Gasteiger partial charge on any atom is 0.451 e. The van der Waals surface area contributed by atoms with Crippen LogP contribution in [-0.2, 0) is 11.0 Å². The maximum atomic E-state index is 12.6. The molecule has 0 aromatic carbocycles. The molecule has 0 saturated heterocycles. The van der Waals surface area contributed by atoms with Gasteiger partial charge in [-0.1, -0.05) is 0 Å². The molecule has 0 bridgehead atoms. The Morgan fingerprint density at radius 3 is 2.45 bits per heavy atom. The Labute approximate surface area is 113 Å². The summed E-state index contributed by atoms with van der Waals surface area (Å²) in [5.74, 6) is 2.96. The minimum absolute atomic E-state index is 0.0679. The number of halogens is 3. The lowest BCUT2D eigenvalue weighted by Crippen LogP contribution is -2.35. The van der Waals surface area contributed by atoms with Gasteiger partial charge >= 0.3 is 6.18 Å². The van der Waals surface area contributed by atoms with Gasteiger partial charge < -0.3 is 16.1 Å². The molecule has 112 valence electrons. The van der Waals surface area contributed by atoms with Gasteiger partial charge in [-0.25, -0.2) is 15.8 Å². The van der Waals surface area contributed by atoms with Crippen molar-refractivity contribution >= 4 is 17.5 Å². The minimum Gasteiger partial charge on any atom is -0.361 e. The Morgan fingerprint density at radius 1 is 1.35 bits per heavy atom. The molecule has 5 N–H and O–H groups in total. The van der Waals surface area contributed by atoms with Gasteiger partial charge in [0, 0.05) is 12.1 Å². The number of hydrogen-bond donors (Lipinski definition) is 4. The Hall–Kier alpha value is -2.10. The predicted octanol–water partition coefficient (Wildman–Crippen LogP) is 0.718. The Balaban J connectivity index is 2.82. The van der Waals surface area contributed by atoms with Crippen molar-refractivity contribution in [3.8, 4) is 0 Å². The molecule has 0 saturated carbocycles. The lowest BCUT2D eigenvalue weighted by atomic mass is 10.4. The number of amides is 1. The zero-order valence-electron chi connectivity index (χ0n) is 10.9. The first-order valence-electron chi connectivity index (χ1n) is 5.68. The van der Waals surface area contributed by atoms with Crippen molar-refractivity contribution in [3.63, 3.8) is 0 Å². The number of nitrogens with two attached hydrogens (primary N) is 1. The standard InChI is InChI=1S/C10H15F3N6O/c1-5(2)16-8(20)4-15-6-3-7(19-14)18-9(17-6)10(11,12)13/h3,5H,4,14H2,1-2H3,(H,16,20)(H2,15,17,18,19). The van der Waals surface area contributed by atoms with Gasteiger partial charge in [0.15, 0.2) is 0 Å². The number of hydrazine groups is 1. The summed E-state index contributed by atoms with van der Waals surface area (Å²) >= 11 is 0. The highest BCUT2D eigenvalue weighted by Crippen LogP contribution is 2.28. The topological polar surface area (TPSA) is 105 Å². The number of alkyl halides is 3. The number of carbonyl (C=O) groups is 1. The SMILES string of the molecule is CC(C)NC(=O)CNc1cc(NN)nc(C(F)(F)F)n1. The molecule has 0 aliphatic rings. The number of rotatable bonds is 5. The van der Waals surface area contributed by atoms with Gasteiger partial charge in [0.05, 0.1) is 6.54 Å². The first-order valence-corrected chi connectivity index (χ1v) is 5.68. The van der Waals surface area contributed by atoms with E-state index in [-0.39, 0.29) is 30.1 Å². The highest BCUT2D eigenvalue weighted by Gasteiger charge is 2.35. The molecule has 0 aliphatic carbocycles. The molecule has 1 amide bonds. The van der Waals surface area contributed by atoms with Crippen LogP contribution in [0, 0.1) is 0 Å². The molecule has 0 aliphatic heterocycles. The number of anilines is 2. The van der Waals surface area contributed by atoms with E-state index in [1.54, 1.807) is 13.8 Å². The van der Waals surface area contributed by atoms with Crippen LogP contribution in [0.15, 0.2) is 6.07 Å². The van der Waals surface area contributed by atoms with Crippen molar-refractivity contribution in [1.82, 2.24) is 15.3 Å². The maximum absolute atomic E-state index is 12.6. The van der Waals surface area contributed by atoms with E-state index in [9.17, 15) is 18.0 Å². The van der Waals surface area contributed by atoms with E-state index in [1.165, 1.54) is 0 Å². The smallest absolute Gasteiger partial charge is 0.361 e. The highest BCUT2D eigenvalue weighted by atomic mass is 19.4. The zero-order valence-corrected chi connectivity index (χ0v) is 10.9. The van der Waals surface area contributed by atoms with Crippen LogP contribution >= 0.6 is 0 Å². The molecular formula is C10H15F3N6O. The van der Waals surface area contributed by atoms with Crippen molar-refractivity contribution in [2.75, 3.05) is 17.3 Å². The molecular weight excluding hydrogens is 277 g/mol. The van der Waals surface area contributed by atoms with Crippen molar-refractivity contribution in [2.45, 2.75) is 26.1 Å². The lowest BCUT2D eigenvalue weighted by molar-refractivity contribution is -0.144. The first-order chi connectivity index (χ1) is 9.22. The third kappa shape index (κ3) is 4.88. The lowest BCUT2D eigenvalue weighted by Gasteiger charge is -2.12. The number of carbonyl (C=O) groups excluding carboxylic acids is 1. The molecule has 7 nitrogen and oxygen atoms in total. The van der Waals surface area contributed by atoms with Crippen molar-refractivity contribution in [3.05, 3.63) is 11.9 Å². The second-order valence-electron chi connectivity index (χ2n) is 4.18. The van der Waals surface area contributed by atoms with Gasteiger partial charge in [-0.05, 0) is 13.8 Å². The van der Waals surface area contributed by atoms with Gasteiger partial charge in [-0.3, -0.25) is 4.79 Å². The summed E-state index contributed by atoms with van der Waals surface area (Å²) in [6, 6.07) is 1.10. The van der Waals surface area contributed by atoms with Crippen LogP contribution in [0.5, 0.6) is 0 Å². The molecule has 1 rings (SSSR count). The summed E-state index contributed by atoms with van der Waals surface area (Å²) < 4.78 is 37.7. The molecule has 1 aromatic heterocycles. The molecule has 0 fully saturated rings. The van der Waals surface area contributed by atoms with Crippen LogP contribution in [0.3, 0.4) is 0 Å². The number of nitrogens with zero attached hydrogens (tertiary/aromatic N) is 2. The fraction of sp³-hybridized carbons (Fsp3) is 0.500. The Kier molecular flexibility index (Phi) is 5.08. The van der Waals surface area contributed by atoms with Crippen LogP contribution < -0.4 is 21.9 Å². The van der Waals surface area contributed by atoms with Crippen molar-refractivity contribution < 1.29 is 18.0 Å². The average molecular weight is 292 g/mol. The minimum atomic E-state index is -4.70. The number of aromatic nitrogens is 2. The highest BCUT2D eigenvalue weighted by molar-refractivity contribution is 5.80. The second-order valence-corrected chi connectivity index (χ2v) is 4.18. The van der Waals surface area contributed by atoms with Gasteiger partial charge in [0.1, 0.15) is 11.6 Å². The van der Waals surface area contributed by atoms with Gasteiger partial charge in [-0.15, -0.1) is 0 Å². The predicted molar refractivity (Wildman–Crippen MR) is 66.6 cm³/mol. The quantitative estimate of drug-likeness (QED) is 0.471. The fourth-order valence-corrected chi connectivity index (χ4v) is 1.28. The normalized spacial score (nSPS) is 11.3. The van der Waals surface area contributed by atoms with E-state index >= 15 is 0 Å². The Morgan fingerprint density at radius 2 is 1.95 bits per heavy atom. The summed E-state index contributed by atoms with van der Waals surface area (Å²) in [6.45, 7) is 3.32. The molecule has 20 heavy (non-hydrogen) atoms. The van der Waals surface area contributed by atoms with Gasteiger partial charge in [0.2, 0.25) is 11.7 Å². The first kappa shape index (κ1) is 16.0. The van der Waals surface area contributed by atoms with E-state index in [0.29, 0.717) is 0 Å². The molecule has 1 aromatic rings. The summed E-state index contributed by atoms with van der Waals surface area (Å²) in [5, 5.41) is 5.06. The van der Waals surface area contributed by atoms with Crippen LogP contribution in [0.4, 0.5) is 24.8 Å². The van der Waals surface area contributed by atoms with E-state index in [4.69, 9.17) is 5.84 Å². The van der Waals surface area contributed by atoms with Crippen molar-refractivity contribution in [2.24, 2.45) is 5.84 Å². The summed E-state index contributed by atoms with van der Waals surface area (Å²) in [5.41, 5.74) is 2.01. The second kappa shape index (κ2) is 6.37.